The maximum atomic E-state index is 6.47. The molecule has 0 spiro atoms. The fourth-order valence-electron chi connectivity index (χ4n) is 7.83. The highest BCUT2D eigenvalue weighted by molar-refractivity contribution is 6.25. The van der Waals surface area contributed by atoms with Gasteiger partial charge in [0.2, 0.25) is 0 Å². The fourth-order valence-corrected chi connectivity index (χ4v) is 7.83. The van der Waals surface area contributed by atoms with Crippen molar-refractivity contribution in [3.8, 4) is 33.4 Å². The molecule has 0 bridgehead atoms. The third-order valence-corrected chi connectivity index (χ3v) is 9.84. The zero-order chi connectivity index (χ0) is 30.9. The first-order valence-electron chi connectivity index (χ1n) is 16.2. The second kappa shape index (κ2) is 10.2. The summed E-state index contributed by atoms with van der Waals surface area (Å²) in [4.78, 5) is 0. The molecule has 0 unspecified atom stereocenters. The van der Waals surface area contributed by atoms with Crippen molar-refractivity contribution in [3.63, 3.8) is 0 Å². The third kappa shape index (κ3) is 3.90. The van der Waals surface area contributed by atoms with Crippen LogP contribution in [-0.2, 0) is 0 Å². The van der Waals surface area contributed by atoms with Gasteiger partial charge in [-0.2, -0.15) is 0 Å². The lowest BCUT2D eigenvalue weighted by atomic mass is 9.85. The summed E-state index contributed by atoms with van der Waals surface area (Å²) in [5, 5.41) is 12.3. The number of hydrogen-bond acceptors (Lipinski definition) is 1. The van der Waals surface area contributed by atoms with Crippen LogP contribution in [0.15, 0.2) is 174 Å². The van der Waals surface area contributed by atoms with E-state index in [2.05, 4.69) is 170 Å². The lowest BCUT2D eigenvalue weighted by Gasteiger charge is -2.18. The SMILES string of the molecule is c1ccc(-c2c3ccccc3c(-c3ccc4cccc(-c5cccc6oc7ccc8ccccc8c7c56)c4c3)c3ccccc23)cc1. The summed E-state index contributed by atoms with van der Waals surface area (Å²) in [5.41, 5.74) is 9.23. The Morgan fingerprint density at radius 3 is 1.57 bits per heavy atom. The summed E-state index contributed by atoms with van der Waals surface area (Å²) >= 11 is 0. The lowest BCUT2D eigenvalue weighted by molar-refractivity contribution is 0.669. The summed E-state index contributed by atoms with van der Waals surface area (Å²) in [5.74, 6) is 0. The molecule has 0 atom stereocenters. The molecule has 10 aromatic rings. The van der Waals surface area contributed by atoms with Gasteiger partial charge in [0.05, 0.1) is 0 Å². The highest BCUT2D eigenvalue weighted by atomic mass is 16.3. The molecule has 0 aliphatic carbocycles. The van der Waals surface area contributed by atoms with Gasteiger partial charge in [0.25, 0.3) is 0 Å². The molecule has 1 heterocycles. The average Bonchev–Trinajstić information content (AvgIpc) is 3.53. The summed E-state index contributed by atoms with van der Waals surface area (Å²) < 4.78 is 6.47. The van der Waals surface area contributed by atoms with Crippen molar-refractivity contribution in [1.82, 2.24) is 0 Å². The van der Waals surface area contributed by atoms with E-state index in [4.69, 9.17) is 4.42 Å². The number of rotatable bonds is 3. The normalized spacial score (nSPS) is 11.8. The highest BCUT2D eigenvalue weighted by Crippen LogP contribution is 2.46. The molecule has 0 aliphatic heterocycles. The molecule has 9 aromatic carbocycles. The highest BCUT2D eigenvalue weighted by Gasteiger charge is 2.19. The van der Waals surface area contributed by atoms with Crippen LogP contribution in [0, 0.1) is 0 Å². The Hall–Kier alpha value is -6.18. The Bertz CT molecular complexity index is 2780. The minimum Gasteiger partial charge on any atom is -0.456 e. The van der Waals surface area contributed by atoms with Gasteiger partial charge in [0.15, 0.2) is 0 Å². The minimum absolute atomic E-state index is 0.912. The maximum absolute atomic E-state index is 6.47. The molecule has 0 fully saturated rings. The molecule has 47 heavy (non-hydrogen) atoms. The van der Waals surface area contributed by atoms with Gasteiger partial charge in [-0.15, -0.1) is 0 Å². The van der Waals surface area contributed by atoms with Crippen LogP contribution >= 0.6 is 0 Å². The van der Waals surface area contributed by atoms with Gasteiger partial charge >= 0.3 is 0 Å². The van der Waals surface area contributed by atoms with E-state index in [-0.39, 0.29) is 0 Å². The largest absolute Gasteiger partial charge is 0.456 e. The van der Waals surface area contributed by atoms with Crippen molar-refractivity contribution in [2.75, 3.05) is 0 Å². The fraction of sp³-hybridized carbons (Fsp3) is 0. The predicted molar refractivity (Wildman–Crippen MR) is 200 cm³/mol. The first-order valence-corrected chi connectivity index (χ1v) is 16.2. The zero-order valence-corrected chi connectivity index (χ0v) is 25.6. The molecule has 1 aromatic heterocycles. The van der Waals surface area contributed by atoms with Crippen LogP contribution in [0.25, 0.3) is 98.4 Å². The lowest BCUT2D eigenvalue weighted by Crippen LogP contribution is -1.91. The molecule has 0 amide bonds. The van der Waals surface area contributed by atoms with Crippen molar-refractivity contribution >= 4 is 65.0 Å². The summed E-state index contributed by atoms with van der Waals surface area (Å²) in [6.45, 7) is 0. The van der Waals surface area contributed by atoms with E-state index in [1.54, 1.807) is 0 Å². The minimum atomic E-state index is 0.912. The number of hydrogen-bond donors (Lipinski definition) is 0. The molecular formula is C46H28O. The summed E-state index contributed by atoms with van der Waals surface area (Å²) in [6, 6.07) is 61.5. The summed E-state index contributed by atoms with van der Waals surface area (Å²) in [6.07, 6.45) is 0. The van der Waals surface area contributed by atoms with Crippen molar-refractivity contribution in [2.24, 2.45) is 0 Å². The van der Waals surface area contributed by atoms with Gasteiger partial charge in [-0.25, -0.2) is 0 Å². The Labute approximate surface area is 271 Å². The van der Waals surface area contributed by atoms with Gasteiger partial charge < -0.3 is 4.42 Å². The van der Waals surface area contributed by atoms with Crippen LogP contribution in [0.3, 0.4) is 0 Å². The molecular weight excluding hydrogens is 569 g/mol. The van der Waals surface area contributed by atoms with Crippen molar-refractivity contribution in [2.45, 2.75) is 0 Å². The first kappa shape index (κ1) is 26.1. The molecule has 0 saturated heterocycles. The molecule has 0 aliphatic rings. The summed E-state index contributed by atoms with van der Waals surface area (Å²) in [7, 11) is 0. The number of furan rings is 1. The predicted octanol–water partition coefficient (Wildman–Crippen LogP) is 13.2. The van der Waals surface area contributed by atoms with E-state index < -0.39 is 0 Å². The standard InChI is InChI=1S/C46H28O/c1-2-13-31(14-3-1)43-36-17-6-8-19-38(36)44(39-20-9-7-18-37(39)43)32-25-24-30-15-10-21-34(40(30)28-32)35-22-11-23-41-46(35)45-33-16-5-4-12-29(33)26-27-42(45)47-41/h1-28H. The van der Waals surface area contributed by atoms with Crippen LogP contribution in [0.2, 0.25) is 0 Å². The monoisotopic (exact) mass is 596 g/mol. The molecule has 0 N–H and O–H groups in total. The molecule has 10 rings (SSSR count). The Morgan fingerprint density at radius 1 is 0.298 bits per heavy atom. The van der Waals surface area contributed by atoms with Crippen LogP contribution in [0.4, 0.5) is 0 Å². The second-order valence-corrected chi connectivity index (χ2v) is 12.4. The van der Waals surface area contributed by atoms with E-state index in [0.717, 1.165) is 11.2 Å². The van der Waals surface area contributed by atoms with Crippen LogP contribution in [-0.4, -0.2) is 0 Å². The maximum Gasteiger partial charge on any atom is 0.136 e. The quantitative estimate of drug-likeness (QED) is 0.185. The van der Waals surface area contributed by atoms with E-state index in [0.29, 0.717) is 0 Å². The van der Waals surface area contributed by atoms with Crippen LogP contribution in [0.1, 0.15) is 0 Å². The molecule has 1 nitrogen and oxygen atoms in total. The number of benzene rings is 9. The van der Waals surface area contributed by atoms with Crippen molar-refractivity contribution in [1.29, 1.82) is 0 Å². The van der Waals surface area contributed by atoms with Gasteiger partial charge in [0, 0.05) is 10.8 Å². The van der Waals surface area contributed by atoms with Gasteiger partial charge in [-0.05, 0) is 94.7 Å². The number of fused-ring (bicyclic) bond motifs is 8. The smallest absolute Gasteiger partial charge is 0.136 e. The van der Waals surface area contributed by atoms with Crippen molar-refractivity contribution < 1.29 is 4.42 Å². The van der Waals surface area contributed by atoms with Gasteiger partial charge in [-0.3, -0.25) is 0 Å². The van der Waals surface area contributed by atoms with Crippen LogP contribution < -0.4 is 0 Å². The second-order valence-electron chi connectivity index (χ2n) is 12.4. The van der Waals surface area contributed by atoms with Crippen LogP contribution in [0.5, 0.6) is 0 Å². The Morgan fingerprint density at radius 2 is 0.830 bits per heavy atom. The molecule has 0 saturated carbocycles. The third-order valence-electron chi connectivity index (χ3n) is 9.84. The van der Waals surface area contributed by atoms with E-state index in [1.165, 1.54) is 87.2 Å². The van der Waals surface area contributed by atoms with Gasteiger partial charge in [0.1, 0.15) is 11.2 Å². The molecule has 218 valence electrons. The average molecular weight is 597 g/mol. The van der Waals surface area contributed by atoms with E-state index in [1.807, 2.05) is 0 Å². The van der Waals surface area contributed by atoms with Gasteiger partial charge in [-0.1, -0.05) is 152 Å². The molecule has 0 radical (unpaired) electrons. The van der Waals surface area contributed by atoms with Crippen molar-refractivity contribution in [3.05, 3.63) is 170 Å². The van der Waals surface area contributed by atoms with E-state index in [9.17, 15) is 0 Å². The first-order chi connectivity index (χ1) is 23.3. The van der Waals surface area contributed by atoms with E-state index >= 15 is 0 Å². The Balaban J connectivity index is 1.28. The zero-order valence-electron chi connectivity index (χ0n) is 25.6. The Kier molecular flexibility index (Phi) is 5.64. The topological polar surface area (TPSA) is 13.1 Å². The molecule has 1 heteroatoms.